The molecule has 0 spiro atoms. The van der Waals surface area contributed by atoms with Crippen molar-refractivity contribution in [3.63, 3.8) is 0 Å². The number of anilines is 1. The number of nitrogens with two attached hydrogens (primary N) is 1. The third-order valence-corrected chi connectivity index (χ3v) is 2.68. The highest BCUT2D eigenvalue weighted by atomic mass is 35.5. The topological polar surface area (TPSA) is 46.3 Å². The molecule has 17 heavy (non-hydrogen) atoms. The molecule has 3 nitrogen and oxygen atoms in total. The van der Waals surface area contributed by atoms with Gasteiger partial charge in [-0.05, 0) is 23.6 Å². The molecular weight excluding hydrogens is 236 g/mol. The zero-order valence-electron chi connectivity index (χ0n) is 10.6. The van der Waals surface area contributed by atoms with Crippen molar-refractivity contribution in [2.24, 2.45) is 5.73 Å². The summed E-state index contributed by atoms with van der Waals surface area (Å²) in [5.74, 6) is 0.568. The lowest BCUT2D eigenvalue weighted by Gasteiger charge is -2.17. The number of hydrogen-bond acceptors (Lipinski definition) is 2. The van der Waals surface area contributed by atoms with E-state index in [9.17, 15) is 4.79 Å². The molecule has 1 rings (SSSR count). The van der Waals surface area contributed by atoms with Gasteiger partial charge in [-0.2, -0.15) is 0 Å². The Hall–Kier alpha value is -1.06. The van der Waals surface area contributed by atoms with E-state index in [1.165, 1.54) is 5.56 Å². The fourth-order valence-electron chi connectivity index (χ4n) is 1.52. The molecule has 0 fully saturated rings. The zero-order chi connectivity index (χ0) is 12.1. The molecule has 0 unspecified atom stereocenters. The summed E-state index contributed by atoms with van der Waals surface area (Å²) >= 11 is 0. The summed E-state index contributed by atoms with van der Waals surface area (Å²) in [7, 11) is 1.78. The van der Waals surface area contributed by atoms with E-state index in [1.54, 1.807) is 11.9 Å². The summed E-state index contributed by atoms with van der Waals surface area (Å²) in [4.78, 5) is 13.3. The van der Waals surface area contributed by atoms with Crippen molar-refractivity contribution >= 4 is 24.0 Å². The first-order valence-electron chi connectivity index (χ1n) is 5.63. The summed E-state index contributed by atoms with van der Waals surface area (Å²) in [5.41, 5.74) is 7.56. The van der Waals surface area contributed by atoms with E-state index in [0.717, 1.165) is 5.69 Å². The fourth-order valence-corrected chi connectivity index (χ4v) is 1.52. The normalized spacial score (nSPS) is 9.94. The monoisotopic (exact) mass is 256 g/mol. The van der Waals surface area contributed by atoms with Crippen LogP contribution in [-0.2, 0) is 4.79 Å². The maximum atomic E-state index is 11.6. The van der Waals surface area contributed by atoms with Crippen LogP contribution in [0.25, 0.3) is 0 Å². The number of nitrogens with zero attached hydrogens (tertiary/aromatic N) is 1. The van der Waals surface area contributed by atoms with Crippen LogP contribution >= 0.6 is 12.4 Å². The molecule has 0 saturated heterocycles. The Labute approximate surface area is 109 Å². The number of benzene rings is 1. The third kappa shape index (κ3) is 4.36. The van der Waals surface area contributed by atoms with Gasteiger partial charge in [0.1, 0.15) is 0 Å². The van der Waals surface area contributed by atoms with Crippen molar-refractivity contribution in [2.75, 3.05) is 18.5 Å². The van der Waals surface area contributed by atoms with Crippen molar-refractivity contribution in [3.05, 3.63) is 29.8 Å². The van der Waals surface area contributed by atoms with E-state index in [2.05, 4.69) is 26.0 Å². The van der Waals surface area contributed by atoms with Gasteiger partial charge >= 0.3 is 0 Å². The average Bonchev–Trinajstić information content (AvgIpc) is 2.28. The number of rotatable bonds is 4. The first kappa shape index (κ1) is 15.9. The van der Waals surface area contributed by atoms with Gasteiger partial charge in [-0.3, -0.25) is 4.79 Å². The quantitative estimate of drug-likeness (QED) is 0.900. The molecule has 0 saturated carbocycles. The summed E-state index contributed by atoms with van der Waals surface area (Å²) in [5, 5.41) is 0. The van der Waals surface area contributed by atoms with Crippen LogP contribution in [0.3, 0.4) is 0 Å². The minimum Gasteiger partial charge on any atom is -0.330 e. The first-order chi connectivity index (χ1) is 7.56. The lowest BCUT2D eigenvalue weighted by molar-refractivity contribution is -0.118. The lowest BCUT2D eigenvalue weighted by Crippen LogP contribution is -2.28. The summed E-state index contributed by atoms with van der Waals surface area (Å²) in [6.07, 6.45) is 0.391. The van der Waals surface area contributed by atoms with Gasteiger partial charge < -0.3 is 10.6 Å². The number of halogens is 1. The van der Waals surface area contributed by atoms with Gasteiger partial charge in [-0.15, -0.1) is 12.4 Å². The highest BCUT2D eigenvalue weighted by molar-refractivity contribution is 5.92. The highest BCUT2D eigenvalue weighted by Gasteiger charge is 2.09. The molecule has 0 radical (unpaired) electrons. The van der Waals surface area contributed by atoms with Gasteiger partial charge in [0.2, 0.25) is 5.91 Å². The van der Waals surface area contributed by atoms with E-state index in [-0.39, 0.29) is 18.3 Å². The van der Waals surface area contributed by atoms with Crippen molar-refractivity contribution in [1.82, 2.24) is 0 Å². The van der Waals surface area contributed by atoms with Crippen molar-refractivity contribution in [1.29, 1.82) is 0 Å². The number of carbonyl (C=O) groups excluding carboxylic acids is 1. The van der Waals surface area contributed by atoms with Gasteiger partial charge in [0.25, 0.3) is 0 Å². The third-order valence-electron chi connectivity index (χ3n) is 2.68. The highest BCUT2D eigenvalue weighted by Crippen LogP contribution is 2.19. The summed E-state index contributed by atoms with van der Waals surface area (Å²) in [6.45, 7) is 4.70. The summed E-state index contributed by atoms with van der Waals surface area (Å²) < 4.78 is 0. The van der Waals surface area contributed by atoms with E-state index in [4.69, 9.17) is 5.73 Å². The second-order valence-corrected chi connectivity index (χ2v) is 4.24. The van der Waals surface area contributed by atoms with E-state index in [0.29, 0.717) is 18.9 Å². The largest absolute Gasteiger partial charge is 0.330 e. The van der Waals surface area contributed by atoms with E-state index >= 15 is 0 Å². The molecule has 0 aliphatic carbocycles. The Morgan fingerprint density at radius 3 is 2.24 bits per heavy atom. The van der Waals surface area contributed by atoms with Crippen LogP contribution in [0.15, 0.2) is 24.3 Å². The smallest absolute Gasteiger partial charge is 0.227 e. The molecule has 0 heterocycles. The molecule has 1 aromatic carbocycles. The van der Waals surface area contributed by atoms with Crippen LogP contribution < -0.4 is 10.6 Å². The standard InChI is InChI=1S/C13H20N2O.ClH/c1-10(2)11-4-6-12(7-5-11)15(3)13(16)8-9-14;/h4-7,10H,8-9,14H2,1-3H3;1H. The molecule has 2 N–H and O–H groups in total. The molecule has 0 aromatic heterocycles. The van der Waals surface area contributed by atoms with E-state index in [1.807, 2.05) is 12.1 Å². The van der Waals surface area contributed by atoms with Crippen LogP contribution in [0, 0.1) is 0 Å². The molecule has 0 bridgehead atoms. The Morgan fingerprint density at radius 2 is 1.82 bits per heavy atom. The van der Waals surface area contributed by atoms with Crippen molar-refractivity contribution < 1.29 is 4.79 Å². The minimum absolute atomic E-state index is 0. The molecule has 1 amide bonds. The van der Waals surface area contributed by atoms with Gasteiger partial charge in [0.05, 0.1) is 0 Å². The Kier molecular flexibility index (Phi) is 6.85. The fraction of sp³-hybridized carbons (Fsp3) is 0.462. The lowest BCUT2D eigenvalue weighted by atomic mass is 10.0. The van der Waals surface area contributed by atoms with Crippen LogP contribution in [0.4, 0.5) is 5.69 Å². The molecular formula is C13H21ClN2O. The number of hydrogen-bond donors (Lipinski definition) is 1. The van der Waals surface area contributed by atoms with Gasteiger partial charge in [0.15, 0.2) is 0 Å². The van der Waals surface area contributed by atoms with Crippen LogP contribution in [-0.4, -0.2) is 19.5 Å². The molecule has 4 heteroatoms. The van der Waals surface area contributed by atoms with Crippen LogP contribution in [0.5, 0.6) is 0 Å². The van der Waals surface area contributed by atoms with Gasteiger partial charge in [-0.1, -0.05) is 26.0 Å². The molecule has 0 aliphatic rings. The maximum absolute atomic E-state index is 11.6. The number of amides is 1. The predicted molar refractivity (Wildman–Crippen MR) is 74.9 cm³/mol. The zero-order valence-corrected chi connectivity index (χ0v) is 11.5. The second-order valence-electron chi connectivity index (χ2n) is 4.24. The Morgan fingerprint density at radius 1 is 1.29 bits per heavy atom. The SMILES string of the molecule is CC(C)c1ccc(N(C)C(=O)CCN)cc1.Cl. The summed E-state index contributed by atoms with van der Waals surface area (Å²) in [6, 6.07) is 8.08. The second kappa shape index (κ2) is 7.30. The van der Waals surface area contributed by atoms with E-state index < -0.39 is 0 Å². The van der Waals surface area contributed by atoms with Gasteiger partial charge in [-0.25, -0.2) is 0 Å². The average molecular weight is 257 g/mol. The van der Waals surface area contributed by atoms with Crippen LogP contribution in [0.1, 0.15) is 31.7 Å². The Balaban J connectivity index is 0.00000256. The minimum atomic E-state index is 0. The van der Waals surface area contributed by atoms with Crippen molar-refractivity contribution in [3.8, 4) is 0 Å². The molecule has 0 atom stereocenters. The number of carbonyl (C=O) groups is 1. The van der Waals surface area contributed by atoms with Gasteiger partial charge in [0, 0.05) is 25.7 Å². The first-order valence-corrected chi connectivity index (χ1v) is 5.63. The van der Waals surface area contributed by atoms with Crippen LogP contribution in [0.2, 0.25) is 0 Å². The Bertz CT molecular complexity index is 349. The van der Waals surface area contributed by atoms with Crippen molar-refractivity contribution in [2.45, 2.75) is 26.2 Å². The molecule has 0 aliphatic heterocycles. The predicted octanol–water partition coefficient (Wildman–Crippen LogP) is 2.54. The molecule has 1 aromatic rings. The maximum Gasteiger partial charge on any atom is 0.227 e. The molecule has 96 valence electrons.